The highest BCUT2D eigenvalue weighted by Gasteiger charge is 2.20. The van der Waals surface area contributed by atoms with Crippen LogP contribution in [0.25, 0.3) is 94.7 Å². The quantitative estimate of drug-likeness (QED) is 0.186. The summed E-state index contributed by atoms with van der Waals surface area (Å²) in [6, 6.07) is 37.3. The number of hydrogen-bond donors (Lipinski definition) is 0. The molecule has 7 aromatic carbocycles. The highest BCUT2D eigenvalue weighted by atomic mass is 16.3. The van der Waals surface area contributed by atoms with Gasteiger partial charge in [0.15, 0.2) is 11.6 Å². The Hall–Kier alpha value is -6.85. The van der Waals surface area contributed by atoms with Crippen LogP contribution in [0.5, 0.6) is 0 Å². The Labute approximate surface area is 297 Å². The van der Waals surface area contributed by atoms with Gasteiger partial charge in [-0.1, -0.05) is 133 Å². The Morgan fingerprint density at radius 2 is 1.14 bits per heavy atom. The fourth-order valence-corrected chi connectivity index (χ4v) is 6.65. The predicted molar refractivity (Wildman–Crippen MR) is 203 cm³/mol. The zero-order chi connectivity index (χ0) is 39.1. The second-order valence-corrected chi connectivity index (χ2v) is 11.9. The summed E-state index contributed by atoms with van der Waals surface area (Å²) in [7, 11) is 0. The maximum absolute atomic E-state index is 9.39. The van der Waals surface area contributed by atoms with Gasteiger partial charge in [-0.05, 0) is 58.6 Å². The molecule has 10 aromatic rings. The van der Waals surface area contributed by atoms with E-state index in [0.717, 1.165) is 27.5 Å². The minimum Gasteiger partial charge on any atom is -0.456 e. The third-order valence-electron chi connectivity index (χ3n) is 8.97. The second-order valence-electron chi connectivity index (χ2n) is 11.9. The molecule has 0 saturated heterocycles. The molecule has 5 heteroatoms. The van der Waals surface area contributed by atoms with Crippen LogP contribution in [0.4, 0.5) is 0 Å². The van der Waals surface area contributed by atoms with Crippen LogP contribution >= 0.6 is 0 Å². The fourth-order valence-electron chi connectivity index (χ4n) is 6.65. The highest BCUT2D eigenvalue weighted by Crippen LogP contribution is 2.39. The molecular formula is C45H28N4O. The topological polar surface area (TPSA) is 56.7 Å². The molecule has 3 aromatic heterocycles. The molecule has 0 fully saturated rings. The fraction of sp³-hybridized carbons (Fsp3) is 0. The summed E-state index contributed by atoms with van der Waals surface area (Å²) in [4.78, 5) is 14.8. The lowest BCUT2D eigenvalue weighted by atomic mass is 9.96. The van der Waals surface area contributed by atoms with Crippen LogP contribution in [0.2, 0.25) is 0 Å². The van der Waals surface area contributed by atoms with E-state index in [4.69, 9.17) is 23.5 Å². The first kappa shape index (κ1) is 21.9. The first-order chi connectivity index (χ1) is 27.7. The van der Waals surface area contributed by atoms with Gasteiger partial charge in [0.25, 0.3) is 0 Å². The molecular weight excluding hydrogens is 613 g/mol. The van der Waals surface area contributed by atoms with Gasteiger partial charge < -0.3 is 4.42 Å². The molecule has 0 aliphatic carbocycles. The van der Waals surface area contributed by atoms with Crippen molar-refractivity contribution in [2.24, 2.45) is 0 Å². The number of nitrogens with zero attached hydrogens (tertiary/aromatic N) is 4. The number of para-hydroxylation sites is 2. The molecule has 234 valence electrons. The molecule has 0 unspecified atom stereocenters. The standard InChI is InChI=1S/C45H28N4O/c1-3-13-29(14-4-1)31-17-11-18-32(27-31)34-21-12-23-39-42(34)37-20-7-9-22-38(37)49(39)45-47-43(30-15-5-2-6-16-30)46-44(48-45)33-25-26-36-35-19-8-10-24-40(35)50-41(36)28-33/h1-28H/i7D,9D,12D,20D,21D,22D,23D. The first-order valence-electron chi connectivity index (χ1n) is 19.6. The number of aromatic nitrogens is 4. The Morgan fingerprint density at radius 1 is 0.460 bits per heavy atom. The van der Waals surface area contributed by atoms with Gasteiger partial charge >= 0.3 is 0 Å². The Balaban J connectivity index is 1.33. The Kier molecular flexibility index (Phi) is 4.99. The van der Waals surface area contributed by atoms with Gasteiger partial charge in [-0.2, -0.15) is 9.97 Å². The largest absolute Gasteiger partial charge is 0.456 e. The average molecular weight is 648 g/mol. The van der Waals surface area contributed by atoms with Crippen molar-refractivity contribution in [3.63, 3.8) is 0 Å². The smallest absolute Gasteiger partial charge is 0.238 e. The monoisotopic (exact) mass is 647 g/mol. The molecule has 5 nitrogen and oxygen atoms in total. The van der Waals surface area contributed by atoms with E-state index in [-0.39, 0.29) is 75.2 Å². The van der Waals surface area contributed by atoms with Gasteiger partial charge in [-0.3, -0.25) is 4.57 Å². The van der Waals surface area contributed by atoms with Crippen molar-refractivity contribution in [2.75, 3.05) is 0 Å². The summed E-state index contributed by atoms with van der Waals surface area (Å²) in [5.41, 5.74) is 5.29. The van der Waals surface area contributed by atoms with Crippen LogP contribution in [0, 0.1) is 0 Å². The maximum atomic E-state index is 9.39. The predicted octanol–water partition coefficient (Wildman–Crippen LogP) is 11.5. The van der Waals surface area contributed by atoms with Crippen molar-refractivity contribution >= 4 is 43.7 Å². The summed E-state index contributed by atoms with van der Waals surface area (Å²) < 4.78 is 71.5. The highest BCUT2D eigenvalue weighted by molar-refractivity contribution is 6.15. The van der Waals surface area contributed by atoms with Crippen molar-refractivity contribution in [2.45, 2.75) is 0 Å². The number of hydrogen-bond acceptors (Lipinski definition) is 4. The molecule has 0 atom stereocenters. The molecule has 0 aliphatic rings. The van der Waals surface area contributed by atoms with Crippen molar-refractivity contribution in [3.05, 3.63) is 170 Å². The maximum Gasteiger partial charge on any atom is 0.238 e. The van der Waals surface area contributed by atoms with E-state index in [9.17, 15) is 5.48 Å². The molecule has 0 N–H and O–H groups in total. The van der Waals surface area contributed by atoms with Crippen molar-refractivity contribution < 1.29 is 14.0 Å². The number of benzene rings is 7. The molecule has 0 saturated carbocycles. The van der Waals surface area contributed by atoms with Crippen LogP contribution in [-0.4, -0.2) is 19.5 Å². The van der Waals surface area contributed by atoms with E-state index < -0.39 is 12.1 Å². The summed E-state index contributed by atoms with van der Waals surface area (Å²) in [5, 5.41) is 2.19. The van der Waals surface area contributed by atoms with Crippen LogP contribution in [0.1, 0.15) is 9.60 Å². The van der Waals surface area contributed by atoms with Crippen molar-refractivity contribution in [1.82, 2.24) is 19.5 Å². The molecule has 0 amide bonds. The van der Waals surface area contributed by atoms with Crippen molar-refractivity contribution in [1.29, 1.82) is 0 Å². The average Bonchev–Trinajstić information content (AvgIpc) is 3.81. The van der Waals surface area contributed by atoms with Gasteiger partial charge in [0, 0.05) is 32.7 Å². The van der Waals surface area contributed by atoms with Crippen molar-refractivity contribution in [3.8, 4) is 51.0 Å². The second kappa shape index (κ2) is 11.4. The van der Waals surface area contributed by atoms with Gasteiger partial charge in [0.2, 0.25) is 5.95 Å². The summed E-state index contributed by atoms with van der Waals surface area (Å²) in [5.74, 6) is 0.507. The number of rotatable bonds is 5. The molecule has 3 heterocycles. The number of fused-ring (bicyclic) bond motifs is 6. The zero-order valence-corrected chi connectivity index (χ0v) is 26.3. The molecule has 0 spiro atoms. The SMILES string of the molecule is [2H]c1c([2H])c([2H])c2c(c1[2H])c1c(-c3cccc(-c4ccccc4)c3)c([2H])c([2H])c([2H])c1n2-c1nc(-c2ccccc2)nc(-c2ccc3c(c2)oc2ccccc23)n1. The van der Waals surface area contributed by atoms with Crippen LogP contribution < -0.4 is 0 Å². The third kappa shape index (κ3) is 4.60. The third-order valence-corrected chi connectivity index (χ3v) is 8.97. The van der Waals surface area contributed by atoms with Crippen LogP contribution in [-0.2, 0) is 0 Å². The van der Waals surface area contributed by atoms with Gasteiger partial charge in [0.05, 0.1) is 20.6 Å². The zero-order valence-electron chi connectivity index (χ0n) is 33.3. The van der Waals surface area contributed by atoms with E-state index in [1.807, 2.05) is 121 Å². The van der Waals surface area contributed by atoms with Crippen LogP contribution in [0.3, 0.4) is 0 Å². The lowest BCUT2D eigenvalue weighted by molar-refractivity contribution is 0.669. The lowest BCUT2D eigenvalue weighted by Crippen LogP contribution is -2.06. The molecule has 10 rings (SSSR count). The summed E-state index contributed by atoms with van der Waals surface area (Å²) in [6.45, 7) is 0. The summed E-state index contributed by atoms with van der Waals surface area (Å²) >= 11 is 0. The van der Waals surface area contributed by atoms with Crippen LogP contribution in [0.15, 0.2) is 174 Å². The van der Waals surface area contributed by atoms with Gasteiger partial charge in [-0.25, -0.2) is 4.98 Å². The minimum atomic E-state index is -0.485. The van der Waals surface area contributed by atoms with Gasteiger partial charge in [0.1, 0.15) is 11.2 Å². The molecule has 0 radical (unpaired) electrons. The Morgan fingerprint density at radius 3 is 2.00 bits per heavy atom. The van der Waals surface area contributed by atoms with Gasteiger partial charge in [-0.15, -0.1) is 0 Å². The molecule has 50 heavy (non-hydrogen) atoms. The van der Waals surface area contributed by atoms with E-state index in [1.165, 1.54) is 4.57 Å². The normalized spacial score (nSPS) is 13.6. The molecule has 0 aliphatic heterocycles. The number of furan rings is 1. The molecule has 0 bridgehead atoms. The lowest BCUT2D eigenvalue weighted by Gasteiger charge is -2.11. The summed E-state index contributed by atoms with van der Waals surface area (Å²) in [6.07, 6.45) is 0. The first-order valence-corrected chi connectivity index (χ1v) is 16.1. The van der Waals surface area contributed by atoms with E-state index >= 15 is 0 Å². The Bertz CT molecular complexity index is 3270. The van der Waals surface area contributed by atoms with E-state index in [2.05, 4.69) is 0 Å². The van der Waals surface area contributed by atoms with E-state index in [0.29, 0.717) is 22.3 Å². The minimum absolute atomic E-state index is 0.0128. The van der Waals surface area contributed by atoms with E-state index in [1.54, 1.807) is 6.07 Å².